The van der Waals surface area contributed by atoms with Crippen molar-refractivity contribution < 1.29 is 1.37 Å². The lowest BCUT2D eigenvalue weighted by Crippen LogP contribution is -1.76. The van der Waals surface area contributed by atoms with Gasteiger partial charge in [-0.15, -0.1) is 0 Å². The molecule has 1 aromatic heterocycles. The lowest BCUT2D eigenvalue weighted by Gasteiger charge is -1.96. The van der Waals surface area contributed by atoms with E-state index in [1.54, 1.807) is 18.3 Å². The zero-order chi connectivity index (χ0) is 8.55. The topological polar surface area (TPSA) is 12.9 Å². The van der Waals surface area contributed by atoms with E-state index in [1.807, 2.05) is 12.1 Å². The average Bonchev–Trinajstić information content (AvgIpc) is 2.04. The number of para-hydroxylation sites is 1. The largest absolute Gasteiger partial charge is 0.255 e. The van der Waals surface area contributed by atoms with Crippen molar-refractivity contribution in [1.29, 1.82) is 0 Å². The molecular formula is C9H6ClN. The minimum atomic E-state index is 0.417. The molecule has 0 aliphatic rings. The van der Waals surface area contributed by atoms with Gasteiger partial charge in [0.05, 0.1) is 11.9 Å². The minimum Gasteiger partial charge on any atom is -0.255 e. The number of pyridine rings is 1. The Balaban J connectivity index is 2.89. The number of benzene rings is 1. The third-order valence-electron chi connectivity index (χ3n) is 1.51. The zero-order valence-electron chi connectivity index (χ0n) is 6.71. The summed E-state index contributed by atoms with van der Waals surface area (Å²) in [7, 11) is 0. The van der Waals surface area contributed by atoms with E-state index in [2.05, 4.69) is 4.98 Å². The summed E-state index contributed by atoms with van der Waals surface area (Å²) in [5.74, 6) is 0. The molecule has 0 radical (unpaired) electrons. The van der Waals surface area contributed by atoms with E-state index in [1.165, 1.54) is 0 Å². The van der Waals surface area contributed by atoms with Crippen LogP contribution in [0.4, 0.5) is 0 Å². The Bertz CT molecular complexity index is 428. The van der Waals surface area contributed by atoms with Crippen molar-refractivity contribution in [3.05, 3.63) is 41.5 Å². The fraction of sp³-hybridized carbons (Fsp3) is 0. The van der Waals surface area contributed by atoms with E-state index in [4.69, 9.17) is 13.0 Å². The van der Waals surface area contributed by atoms with E-state index in [0.717, 1.165) is 10.9 Å². The maximum absolute atomic E-state index is 7.41. The van der Waals surface area contributed by atoms with E-state index < -0.39 is 0 Å². The maximum Gasteiger partial charge on any atom is 0.0888 e. The molecule has 1 nitrogen and oxygen atoms in total. The number of aromatic nitrogens is 1. The van der Waals surface area contributed by atoms with Crippen LogP contribution in [0, 0.1) is 0 Å². The van der Waals surface area contributed by atoms with Crippen LogP contribution in [0.3, 0.4) is 0 Å². The number of rotatable bonds is 0. The molecule has 0 N–H and O–H groups in total. The summed E-state index contributed by atoms with van der Waals surface area (Å²) in [4.78, 5) is 4.11. The first kappa shape index (κ1) is 5.56. The van der Waals surface area contributed by atoms with Gasteiger partial charge in [-0.05, 0) is 12.1 Å². The number of hydrogen-bond acceptors (Lipinski definition) is 1. The molecular weight excluding hydrogens is 158 g/mol. The molecule has 0 aliphatic carbocycles. The average molecular weight is 165 g/mol. The summed E-state index contributed by atoms with van der Waals surface area (Å²) >= 11 is 5.88. The molecule has 2 aromatic rings. The molecule has 0 bridgehead atoms. The summed E-state index contributed by atoms with van der Waals surface area (Å²) < 4.78 is 7.41. The summed E-state index contributed by atoms with van der Waals surface area (Å²) in [5.41, 5.74) is 0.759. The molecule has 0 aliphatic heterocycles. The Kier molecular flexibility index (Phi) is 1.27. The van der Waals surface area contributed by atoms with Crippen molar-refractivity contribution in [2.24, 2.45) is 0 Å². The van der Waals surface area contributed by atoms with Gasteiger partial charge in [-0.3, -0.25) is 4.98 Å². The van der Waals surface area contributed by atoms with Crippen LogP contribution in [-0.4, -0.2) is 4.98 Å². The third-order valence-corrected chi connectivity index (χ3v) is 1.80. The molecule has 54 valence electrons. The van der Waals surface area contributed by atoms with Crippen molar-refractivity contribution in [2.75, 3.05) is 0 Å². The number of fused-ring (bicyclic) bond motifs is 1. The molecule has 1 heterocycles. The lowest BCUT2D eigenvalue weighted by molar-refractivity contribution is 1.41. The van der Waals surface area contributed by atoms with Crippen LogP contribution in [-0.2, 0) is 0 Å². The zero-order valence-corrected chi connectivity index (χ0v) is 6.47. The Hall–Kier alpha value is -1.08. The Morgan fingerprint density at radius 2 is 2.27 bits per heavy atom. The molecule has 0 atom stereocenters. The van der Waals surface area contributed by atoms with Gasteiger partial charge in [0.2, 0.25) is 0 Å². The van der Waals surface area contributed by atoms with Gasteiger partial charge < -0.3 is 0 Å². The molecule has 2 heteroatoms. The van der Waals surface area contributed by atoms with Crippen LogP contribution in [0.15, 0.2) is 36.5 Å². The smallest absolute Gasteiger partial charge is 0.0888 e. The normalized spacial score (nSPS) is 11.5. The first-order chi connectivity index (χ1) is 5.77. The summed E-state index contributed by atoms with van der Waals surface area (Å²) in [6.45, 7) is 0. The highest BCUT2D eigenvalue weighted by atomic mass is 35.5. The molecule has 2 rings (SSSR count). The number of hydrogen-bond donors (Lipinski definition) is 0. The highest BCUT2D eigenvalue weighted by molar-refractivity contribution is 6.34. The standard InChI is InChI=1S/C9H6ClN/c10-8-5-1-3-7-4-2-6-11-9(7)8/h1-6H/i1D. The molecule has 11 heavy (non-hydrogen) atoms. The monoisotopic (exact) mass is 164 g/mol. The van der Waals surface area contributed by atoms with Crippen molar-refractivity contribution in [3.63, 3.8) is 0 Å². The second-order valence-electron chi connectivity index (χ2n) is 2.24. The van der Waals surface area contributed by atoms with Crippen molar-refractivity contribution in [1.82, 2.24) is 4.98 Å². The van der Waals surface area contributed by atoms with Gasteiger partial charge in [-0.1, -0.05) is 29.8 Å². The number of halogens is 1. The molecule has 0 saturated heterocycles. The Morgan fingerprint density at radius 3 is 3.18 bits per heavy atom. The van der Waals surface area contributed by atoms with Crippen molar-refractivity contribution >= 4 is 22.5 Å². The van der Waals surface area contributed by atoms with Gasteiger partial charge in [0, 0.05) is 11.6 Å². The van der Waals surface area contributed by atoms with Gasteiger partial charge in [0.1, 0.15) is 0 Å². The van der Waals surface area contributed by atoms with E-state index in [9.17, 15) is 0 Å². The predicted molar refractivity (Wildman–Crippen MR) is 46.8 cm³/mol. The summed E-state index contributed by atoms with van der Waals surface area (Å²) in [6.07, 6.45) is 1.69. The van der Waals surface area contributed by atoms with E-state index >= 15 is 0 Å². The second kappa shape index (κ2) is 2.51. The quantitative estimate of drug-likeness (QED) is 0.584. The van der Waals surface area contributed by atoms with Crippen LogP contribution in [0.1, 0.15) is 1.37 Å². The summed E-state index contributed by atoms with van der Waals surface area (Å²) in [6, 6.07) is 7.48. The van der Waals surface area contributed by atoms with Crippen LogP contribution in [0.25, 0.3) is 10.9 Å². The van der Waals surface area contributed by atoms with Gasteiger partial charge in [-0.25, -0.2) is 0 Å². The van der Waals surface area contributed by atoms with Gasteiger partial charge in [-0.2, -0.15) is 0 Å². The molecule has 0 saturated carbocycles. The fourth-order valence-electron chi connectivity index (χ4n) is 1.01. The molecule has 0 unspecified atom stereocenters. The van der Waals surface area contributed by atoms with Crippen LogP contribution >= 0.6 is 11.6 Å². The van der Waals surface area contributed by atoms with Gasteiger partial charge in [0.25, 0.3) is 0 Å². The predicted octanol–water partition coefficient (Wildman–Crippen LogP) is 2.89. The molecule has 0 amide bonds. The number of nitrogens with zero attached hydrogens (tertiary/aromatic N) is 1. The van der Waals surface area contributed by atoms with Crippen LogP contribution in [0.5, 0.6) is 0 Å². The van der Waals surface area contributed by atoms with Crippen molar-refractivity contribution in [3.8, 4) is 0 Å². The molecule has 0 spiro atoms. The molecule has 1 aromatic carbocycles. The fourth-order valence-corrected chi connectivity index (χ4v) is 1.23. The Labute approximate surface area is 71.0 Å². The third kappa shape index (κ3) is 1.08. The maximum atomic E-state index is 7.41. The van der Waals surface area contributed by atoms with Gasteiger partial charge in [0.15, 0.2) is 0 Å². The van der Waals surface area contributed by atoms with E-state index in [-0.39, 0.29) is 0 Å². The van der Waals surface area contributed by atoms with Crippen LogP contribution < -0.4 is 0 Å². The SMILES string of the molecule is [2H]c1cc(Cl)c2ncccc2c1. The lowest BCUT2D eigenvalue weighted by atomic mass is 10.2. The highest BCUT2D eigenvalue weighted by Crippen LogP contribution is 2.19. The van der Waals surface area contributed by atoms with E-state index in [0.29, 0.717) is 11.1 Å². The Morgan fingerprint density at radius 1 is 1.36 bits per heavy atom. The van der Waals surface area contributed by atoms with Crippen LogP contribution in [0.2, 0.25) is 5.02 Å². The van der Waals surface area contributed by atoms with Gasteiger partial charge >= 0.3 is 0 Å². The first-order valence-electron chi connectivity index (χ1n) is 3.78. The highest BCUT2D eigenvalue weighted by Gasteiger charge is 1.95. The van der Waals surface area contributed by atoms with Crippen molar-refractivity contribution in [2.45, 2.75) is 0 Å². The second-order valence-corrected chi connectivity index (χ2v) is 2.65. The first-order valence-corrected chi connectivity index (χ1v) is 3.66. The minimum absolute atomic E-state index is 0.417. The summed E-state index contributed by atoms with van der Waals surface area (Å²) in [5, 5.41) is 1.45. The molecule has 0 fully saturated rings.